The fraction of sp³-hybridized carbons (Fsp3) is 0.409. The molecule has 1 atom stereocenters. The summed E-state index contributed by atoms with van der Waals surface area (Å²) in [6.07, 6.45) is 4.20. The molecule has 0 heterocycles. The molecule has 2 aromatic carbocycles. The number of hydrogen-bond donors (Lipinski definition) is 1. The highest BCUT2D eigenvalue weighted by molar-refractivity contribution is 7.98. The topological polar surface area (TPSA) is 38.3 Å². The Hall–Kier alpha value is -1.36. The average Bonchev–Trinajstić information content (AvgIpc) is 2.69. The van der Waals surface area contributed by atoms with E-state index in [0.717, 1.165) is 35.7 Å². The van der Waals surface area contributed by atoms with Crippen molar-refractivity contribution in [3.05, 3.63) is 63.1 Å². The van der Waals surface area contributed by atoms with Crippen LogP contribution in [0.3, 0.4) is 0 Å². The Morgan fingerprint density at radius 1 is 1.14 bits per heavy atom. The van der Waals surface area contributed by atoms with Gasteiger partial charge in [0.25, 0.3) is 5.91 Å². The number of rotatable bonds is 8. The number of hydrogen-bond acceptors (Lipinski definition) is 3. The van der Waals surface area contributed by atoms with Gasteiger partial charge in [0.15, 0.2) is 6.10 Å². The van der Waals surface area contributed by atoms with Gasteiger partial charge in [-0.1, -0.05) is 35.3 Å². The molecular formula is C22H25Cl2NO2S. The van der Waals surface area contributed by atoms with Gasteiger partial charge in [-0.25, -0.2) is 0 Å². The van der Waals surface area contributed by atoms with Gasteiger partial charge in [0.2, 0.25) is 0 Å². The van der Waals surface area contributed by atoms with Crippen molar-refractivity contribution in [3.8, 4) is 5.75 Å². The molecule has 0 bridgehead atoms. The molecule has 0 aromatic heterocycles. The van der Waals surface area contributed by atoms with E-state index in [1.165, 1.54) is 24.0 Å². The van der Waals surface area contributed by atoms with Crippen LogP contribution in [0.25, 0.3) is 0 Å². The molecule has 0 aliphatic heterocycles. The van der Waals surface area contributed by atoms with Gasteiger partial charge in [0, 0.05) is 28.1 Å². The van der Waals surface area contributed by atoms with E-state index in [2.05, 4.69) is 17.4 Å². The Morgan fingerprint density at radius 3 is 2.61 bits per heavy atom. The lowest BCUT2D eigenvalue weighted by Gasteiger charge is -2.19. The maximum Gasteiger partial charge on any atom is 0.260 e. The van der Waals surface area contributed by atoms with Crippen LogP contribution in [0, 0.1) is 0 Å². The number of carbonyl (C=O) groups excluding carboxylic acids is 1. The molecule has 1 aliphatic rings. The SMILES string of the molecule is CC(Oc1ccc2c(c1)CCCC2)C(=O)NCCSCc1c(Cl)cccc1Cl. The normalized spacial score (nSPS) is 14.2. The first-order valence-electron chi connectivity index (χ1n) is 9.61. The molecule has 28 heavy (non-hydrogen) atoms. The van der Waals surface area contributed by atoms with Crippen molar-refractivity contribution in [3.63, 3.8) is 0 Å². The number of nitrogens with one attached hydrogen (secondary N) is 1. The summed E-state index contributed by atoms with van der Waals surface area (Å²) in [6, 6.07) is 11.7. The first-order chi connectivity index (χ1) is 13.5. The van der Waals surface area contributed by atoms with Crippen molar-refractivity contribution in [2.45, 2.75) is 44.5 Å². The van der Waals surface area contributed by atoms with Crippen LogP contribution in [-0.2, 0) is 23.4 Å². The fourth-order valence-corrected chi connectivity index (χ4v) is 4.87. The third-order valence-electron chi connectivity index (χ3n) is 4.86. The van der Waals surface area contributed by atoms with Crippen LogP contribution >= 0.6 is 35.0 Å². The summed E-state index contributed by atoms with van der Waals surface area (Å²) in [5, 5.41) is 4.28. The molecule has 6 heteroatoms. The largest absolute Gasteiger partial charge is 0.481 e. The molecular weight excluding hydrogens is 413 g/mol. The number of benzene rings is 2. The maximum atomic E-state index is 12.3. The third kappa shape index (κ3) is 5.82. The molecule has 1 N–H and O–H groups in total. The predicted molar refractivity (Wildman–Crippen MR) is 119 cm³/mol. The van der Waals surface area contributed by atoms with E-state index in [-0.39, 0.29) is 5.91 Å². The smallest absolute Gasteiger partial charge is 0.260 e. The summed E-state index contributed by atoms with van der Waals surface area (Å²) in [7, 11) is 0. The Labute approximate surface area is 181 Å². The number of ether oxygens (including phenoxy) is 1. The predicted octanol–water partition coefficient (Wildman–Crippen LogP) is 5.69. The van der Waals surface area contributed by atoms with Gasteiger partial charge in [-0.05, 0) is 73.6 Å². The summed E-state index contributed by atoms with van der Waals surface area (Å²) in [5.74, 6) is 2.16. The van der Waals surface area contributed by atoms with Crippen LogP contribution in [0.2, 0.25) is 10.0 Å². The minimum atomic E-state index is -0.523. The molecule has 150 valence electrons. The van der Waals surface area contributed by atoms with Crippen LogP contribution in [0.15, 0.2) is 36.4 Å². The van der Waals surface area contributed by atoms with Crippen LogP contribution < -0.4 is 10.1 Å². The molecule has 2 aromatic rings. The number of amides is 1. The first kappa shape index (κ1) is 21.4. The highest BCUT2D eigenvalue weighted by Gasteiger charge is 2.16. The van der Waals surface area contributed by atoms with E-state index in [4.69, 9.17) is 27.9 Å². The van der Waals surface area contributed by atoms with Crippen LogP contribution in [0.1, 0.15) is 36.5 Å². The molecule has 0 fully saturated rings. The van der Waals surface area contributed by atoms with E-state index in [1.54, 1.807) is 18.7 Å². The van der Waals surface area contributed by atoms with Crippen LogP contribution in [0.5, 0.6) is 5.75 Å². The molecule has 1 unspecified atom stereocenters. The van der Waals surface area contributed by atoms with Crippen molar-refractivity contribution in [2.75, 3.05) is 12.3 Å². The van der Waals surface area contributed by atoms with Crippen LogP contribution in [0.4, 0.5) is 0 Å². The van der Waals surface area contributed by atoms with Crippen molar-refractivity contribution in [1.29, 1.82) is 0 Å². The molecule has 0 saturated heterocycles. The number of halogens is 2. The van der Waals surface area contributed by atoms with Gasteiger partial charge in [0.05, 0.1) is 0 Å². The zero-order chi connectivity index (χ0) is 19.9. The van der Waals surface area contributed by atoms with E-state index >= 15 is 0 Å². The molecule has 0 radical (unpaired) electrons. The van der Waals surface area contributed by atoms with Crippen LogP contribution in [-0.4, -0.2) is 24.3 Å². The van der Waals surface area contributed by atoms with E-state index in [9.17, 15) is 4.79 Å². The quantitative estimate of drug-likeness (QED) is 0.538. The number of fused-ring (bicyclic) bond motifs is 1. The van der Waals surface area contributed by atoms with Crippen molar-refractivity contribution < 1.29 is 9.53 Å². The number of thioether (sulfide) groups is 1. The van der Waals surface area contributed by atoms with Crippen molar-refractivity contribution in [2.24, 2.45) is 0 Å². The maximum absolute atomic E-state index is 12.3. The second-order valence-electron chi connectivity index (χ2n) is 6.94. The Bertz CT molecular complexity index is 808. The van der Waals surface area contributed by atoms with Gasteiger partial charge in [-0.3, -0.25) is 4.79 Å². The van der Waals surface area contributed by atoms with Crippen molar-refractivity contribution in [1.82, 2.24) is 5.32 Å². The highest BCUT2D eigenvalue weighted by atomic mass is 35.5. The second kappa shape index (κ2) is 10.4. The summed E-state index contributed by atoms with van der Waals surface area (Å²) in [4.78, 5) is 12.3. The zero-order valence-corrected chi connectivity index (χ0v) is 18.3. The first-order valence-corrected chi connectivity index (χ1v) is 11.5. The molecule has 0 spiro atoms. The van der Waals surface area contributed by atoms with Gasteiger partial charge < -0.3 is 10.1 Å². The minimum absolute atomic E-state index is 0.103. The molecule has 1 amide bonds. The highest BCUT2D eigenvalue weighted by Crippen LogP contribution is 2.28. The molecule has 3 nitrogen and oxygen atoms in total. The van der Waals surface area contributed by atoms with Crippen molar-refractivity contribution >= 4 is 40.9 Å². The Kier molecular flexibility index (Phi) is 7.95. The summed E-state index contributed by atoms with van der Waals surface area (Å²) in [6.45, 7) is 2.36. The standard InChI is InChI=1S/C22H25Cl2NO2S/c1-15(27-18-10-9-16-5-2-3-6-17(16)13-18)22(26)25-11-12-28-14-19-20(23)7-4-8-21(19)24/h4,7-10,13,15H,2-3,5-6,11-12,14H2,1H3,(H,25,26). The van der Waals surface area contributed by atoms with E-state index in [1.807, 2.05) is 24.3 Å². The van der Waals surface area contributed by atoms with Gasteiger partial charge in [0.1, 0.15) is 5.75 Å². The molecule has 3 rings (SSSR count). The summed E-state index contributed by atoms with van der Waals surface area (Å²) >= 11 is 14.0. The lowest BCUT2D eigenvalue weighted by atomic mass is 9.92. The Balaban J connectivity index is 1.40. The Morgan fingerprint density at radius 2 is 1.86 bits per heavy atom. The lowest BCUT2D eigenvalue weighted by molar-refractivity contribution is -0.127. The monoisotopic (exact) mass is 437 g/mol. The molecule has 1 aliphatic carbocycles. The molecule has 0 saturated carbocycles. The number of aryl methyl sites for hydroxylation is 2. The third-order valence-corrected chi connectivity index (χ3v) is 6.55. The van der Waals surface area contributed by atoms with Gasteiger partial charge >= 0.3 is 0 Å². The average molecular weight is 438 g/mol. The van der Waals surface area contributed by atoms with E-state index in [0.29, 0.717) is 16.6 Å². The minimum Gasteiger partial charge on any atom is -0.481 e. The second-order valence-corrected chi connectivity index (χ2v) is 8.86. The number of carbonyl (C=O) groups is 1. The van der Waals surface area contributed by atoms with Gasteiger partial charge in [-0.2, -0.15) is 11.8 Å². The van der Waals surface area contributed by atoms with E-state index < -0.39 is 6.10 Å². The fourth-order valence-electron chi connectivity index (χ4n) is 3.28. The summed E-state index contributed by atoms with van der Waals surface area (Å²) in [5.41, 5.74) is 3.70. The lowest BCUT2D eigenvalue weighted by Crippen LogP contribution is -2.37. The van der Waals surface area contributed by atoms with Gasteiger partial charge in [-0.15, -0.1) is 0 Å². The summed E-state index contributed by atoms with van der Waals surface area (Å²) < 4.78 is 5.85. The zero-order valence-electron chi connectivity index (χ0n) is 16.0.